The van der Waals surface area contributed by atoms with Crippen LogP contribution in [0, 0.1) is 29.1 Å². The lowest BCUT2D eigenvalue weighted by atomic mass is 9.81. The second kappa shape index (κ2) is 14.0. The topological polar surface area (TPSA) is 123 Å². The Balaban J connectivity index is 1.96. The molecule has 37 heavy (non-hydrogen) atoms. The van der Waals surface area contributed by atoms with Crippen molar-refractivity contribution in [2.45, 2.75) is 79.3 Å². The minimum atomic E-state index is -0.776. The van der Waals surface area contributed by atoms with Gasteiger partial charge >= 0.3 is 0 Å². The number of carbonyl (C=O) groups is 2. The SMILES string of the molecule is COCCCOc1cc(C[C@H]2C[C@@H]([C@@H](C)C[C@H](C(=O)NCC(C)(C)C(N)=O)C(C)C)NC2C)ccc1O. The molecule has 5 atom stereocenters. The van der Waals surface area contributed by atoms with Crippen LogP contribution in [-0.2, 0) is 20.7 Å². The highest BCUT2D eigenvalue weighted by Crippen LogP contribution is 2.34. The third kappa shape index (κ3) is 9.18. The number of ether oxygens (including phenoxy) is 2. The number of phenols is 1. The number of rotatable bonds is 15. The molecule has 1 aromatic carbocycles. The molecule has 1 unspecified atom stereocenters. The normalized spacial score (nSPS) is 21.6. The van der Waals surface area contributed by atoms with Gasteiger partial charge in [0.05, 0.1) is 12.0 Å². The third-order valence-corrected chi connectivity index (χ3v) is 7.84. The highest BCUT2D eigenvalue weighted by Gasteiger charge is 2.36. The lowest BCUT2D eigenvalue weighted by Crippen LogP contribution is -2.45. The molecule has 1 aliphatic rings. The number of nitrogens with one attached hydrogen (secondary N) is 2. The number of hydrogen-bond acceptors (Lipinski definition) is 6. The van der Waals surface area contributed by atoms with Gasteiger partial charge in [0, 0.05) is 44.7 Å². The lowest BCUT2D eigenvalue weighted by Gasteiger charge is -2.29. The maximum absolute atomic E-state index is 13.0. The Bertz CT molecular complexity index is 888. The van der Waals surface area contributed by atoms with Gasteiger partial charge in [-0.2, -0.15) is 0 Å². The number of methoxy groups -OCH3 is 1. The molecule has 0 saturated carbocycles. The first-order valence-corrected chi connectivity index (χ1v) is 13.6. The van der Waals surface area contributed by atoms with Crippen LogP contribution >= 0.6 is 0 Å². The van der Waals surface area contributed by atoms with Crippen molar-refractivity contribution in [3.8, 4) is 11.5 Å². The van der Waals surface area contributed by atoms with Gasteiger partial charge in [-0.15, -0.1) is 0 Å². The van der Waals surface area contributed by atoms with Crippen LogP contribution in [0.25, 0.3) is 0 Å². The Labute approximate surface area is 223 Å². The van der Waals surface area contributed by atoms with Gasteiger partial charge in [-0.3, -0.25) is 9.59 Å². The number of phenolic OH excluding ortho intramolecular Hbond substituents is 1. The monoisotopic (exact) mass is 519 g/mol. The van der Waals surface area contributed by atoms with Gasteiger partial charge in [0.25, 0.3) is 0 Å². The summed E-state index contributed by atoms with van der Waals surface area (Å²) in [5.74, 6) is 1.05. The highest BCUT2D eigenvalue weighted by atomic mass is 16.5. The van der Waals surface area contributed by atoms with Gasteiger partial charge in [-0.1, -0.05) is 26.8 Å². The predicted molar refractivity (Wildman–Crippen MR) is 146 cm³/mol. The molecule has 1 heterocycles. The summed E-state index contributed by atoms with van der Waals surface area (Å²) in [6, 6.07) is 6.28. The van der Waals surface area contributed by atoms with E-state index in [1.54, 1.807) is 27.0 Å². The summed E-state index contributed by atoms with van der Waals surface area (Å²) < 4.78 is 10.8. The molecule has 1 aliphatic heterocycles. The van der Waals surface area contributed by atoms with E-state index in [1.807, 2.05) is 12.1 Å². The molecule has 1 saturated heterocycles. The first kappa shape index (κ1) is 30.9. The van der Waals surface area contributed by atoms with Crippen molar-refractivity contribution in [3.05, 3.63) is 23.8 Å². The summed E-state index contributed by atoms with van der Waals surface area (Å²) in [5.41, 5.74) is 5.83. The number of carbonyl (C=O) groups excluding carboxylic acids is 2. The first-order chi connectivity index (χ1) is 17.4. The quantitative estimate of drug-likeness (QED) is 0.262. The van der Waals surface area contributed by atoms with Crippen LogP contribution in [0.2, 0.25) is 0 Å². The number of benzene rings is 1. The molecule has 0 aliphatic carbocycles. The van der Waals surface area contributed by atoms with E-state index < -0.39 is 11.3 Å². The third-order valence-electron chi connectivity index (χ3n) is 7.84. The number of primary amides is 1. The molecule has 2 amide bonds. The van der Waals surface area contributed by atoms with E-state index >= 15 is 0 Å². The Kier molecular flexibility index (Phi) is 11.7. The molecule has 1 fully saturated rings. The fourth-order valence-electron chi connectivity index (χ4n) is 4.99. The Hall–Kier alpha value is -2.32. The molecule has 0 bridgehead atoms. The molecule has 0 spiro atoms. The van der Waals surface area contributed by atoms with Crippen LogP contribution in [0.4, 0.5) is 0 Å². The average Bonchev–Trinajstić information content (AvgIpc) is 3.20. The van der Waals surface area contributed by atoms with Gasteiger partial charge in [0.1, 0.15) is 0 Å². The van der Waals surface area contributed by atoms with Crippen LogP contribution in [-0.4, -0.2) is 55.9 Å². The van der Waals surface area contributed by atoms with Crippen LogP contribution in [0.1, 0.15) is 66.4 Å². The van der Waals surface area contributed by atoms with Gasteiger partial charge in [0.15, 0.2) is 11.5 Å². The van der Waals surface area contributed by atoms with E-state index in [1.165, 1.54) is 0 Å². The number of aromatic hydroxyl groups is 1. The van der Waals surface area contributed by atoms with Crippen molar-refractivity contribution in [1.82, 2.24) is 10.6 Å². The van der Waals surface area contributed by atoms with Crippen molar-refractivity contribution in [2.24, 2.45) is 34.8 Å². The summed E-state index contributed by atoms with van der Waals surface area (Å²) in [4.78, 5) is 24.6. The fraction of sp³-hybridized carbons (Fsp3) is 0.724. The standard InChI is InChI=1S/C29H49N3O5/c1-18(2)23(27(34)31-17-29(5,6)28(30)35)13-19(3)24-16-22(20(4)32-24)14-21-9-10-25(33)26(15-21)37-12-8-11-36-7/h9-10,15,18-20,22-24,32-33H,8,11-14,16-17H2,1-7H3,(H2,30,35)(H,31,34)/t19-,20?,22-,23-,24-/m0/s1. The summed E-state index contributed by atoms with van der Waals surface area (Å²) in [6.45, 7) is 13.4. The Morgan fingerprint density at radius 3 is 2.57 bits per heavy atom. The van der Waals surface area contributed by atoms with Crippen molar-refractivity contribution >= 4 is 11.8 Å². The van der Waals surface area contributed by atoms with Crippen molar-refractivity contribution in [1.29, 1.82) is 0 Å². The van der Waals surface area contributed by atoms with E-state index in [0.717, 1.165) is 31.2 Å². The zero-order valence-corrected chi connectivity index (χ0v) is 23.8. The van der Waals surface area contributed by atoms with Crippen molar-refractivity contribution < 1.29 is 24.2 Å². The van der Waals surface area contributed by atoms with Crippen molar-refractivity contribution in [2.75, 3.05) is 26.9 Å². The van der Waals surface area contributed by atoms with Gasteiger partial charge in [-0.05, 0) is 75.5 Å². The zero-order valence-electron chi connectivity index (χ0n) is 23.8. The Morgan fingerprint density at radius 1 is 1.24 bits per heavy atom. The van der Waals surface area contributed by atoms with Crippen LogP contribution < -0.4 is 21.1 Å². The summed E-state index contributed by atoms with van der Waals surface area (Å²) in [6.07, 6.45) is 3.45. The molecule has 8 heteroatoms. The second-order valence-corrected chi connectivity index (χ2v) is 11.8. The zero-order chi connectivity index (χ0) is 27.8. The lowest BCUT2D eigenvalue weighted by molar-refractivity contribution is -0.129. The highest BCUT2D eigenvalue weighted by molar-refractivity contribution is 5.83. The fourth-order valence-corrected chi connectivity index (χ4v) is 4.99. The van der Waals surface area contributed by atoms with E-state index in [9.17, 15) is 14.7 Å². The van der Waals surface area contributed by atoms with Crippen LogP contribution in [0.3, 0.4) is 0 Å². The average molecular weight is 520 g/mol. The molecular weight excluding hydrogens is 470 g/mol. The van der Waals surface area contributed by atoms with Gasteiger partial charge in [-0.25, -0.2) is 0 Å². The molecule has 0 radical (unpaired) electrons. The molecule has 1 aromatic rings. The summed E-state index contributed by atoms with van der Waals surface area (Å²) in [7, 11) is 1.66. The number of nitrogens with two attached hydrogens (primary N) is 1. The molecule has 210 valence electrons. The molecule has 2 rings (SSSR count). The van der Waals surface area contributed by atoms with Crippen LogP contribution in [0.15, 0.2) is 18.2 Å². The smallest absolute Gasteiger partial charge is 0.224 e. The molecule has 5 N–H and O–H groups in total. The van der Waals surface area contributed by atoms with Gasteiger partial charge in [0.2, 0.25) is 11.8 Å². The second-order valence-electron chi connectivity index (χ2n) is 11.8. The van der Waals surface area contributed by atoms with E-state index in [2.05, 4.69) is 38.3 Å². The van der Waals surface area contributed by atoms with E-state index in [-0.39, 0.29) is 30.0 Å². The van der Waals surface area contributed by atoms with Crippen LogP contribution in [0.5, 0.6) is 11.5 Å². The largest absolute Gasteiger partial charge is 0.504 e. The molecular formula is C29H49N3O5. The summed E-state index contributed by atoms with van der Waals surface area (Å²) in [5, 5.41) is 16.9. The first-order valence-electron chi connectivity index (χ1n) is 13.6. The Morgan fingerprint density at radius 2 is 1.95 bits per heavy atom. The maximum Gasteiger partial charge on any atom is 0.224 e. The summed E-state index contributed by atoms with van der Waals surface area (Å²) >= 11 is 0. The van der Waals surface area contributed by atoms with Gasteiger partial charge < -0.3 is 30.9 Å². The minimum Gasteiger partial charge on any atom is -0.504 e. The number of amides is 2. The minimum absolute atomic E-state index is 0.0131. The maximum atomic E-state index is 13.0. The molecule has 8 nitrogen and oxygen atoms in total. The van der Waals surface area contributed by atoms with E-state index in [0.29, 0.717) is 42.9 Å². The van der Waals surface area contributed by atoms with Crippen molar-refractivity contribution in [3.63, 3.8) is 0 Å². The number of hydrogen-bond donors (Lipinski definition) is 4. The molecule has 0 aromatic heterocycles. The van der Waals surface area contributed by atoms with E-state index in [4.69, 9.17) is 15.2 Å². The predicted octanol–water partition coefficient (Wildman–Crippen LogP) is 3.64.